The Bertz CT molecular complexity index is 375. The van der Waals surface area contributed by atoms with E-state index in [4.69, 9.17) is 0 Å². The van der Waals surface area contributed by atoms with Gasteiger partial charge in [0.15, 0.2) is 0 Å². The lowest BCUT2D eigenvalue weighted by Crippen LogP contribution is -2.35. The van der Waals surface area contributed by atoms with E-state index in [0.29, 0.717) is 12.3 Å². The van der Waals surface area contributed by atoms with Crippen LogP contribution in [0.15, 0.2) is 0 Å². The third-order valence-electron chi connectivity index (χ3n) is 3.33. The second kappa shape index (κ2) is 5.63. The average molecular weight is 252 g/mol. The number of hydrogen-bond donors (Lipinski definition) is 0. The van der Waals surface area contributed by atoms with E-state index in [0.717, 1.165) is 30.2 Å². The molecule has 0 aromatic carbocycles. The van der Waals surface area contributed by atoms with Crippen molar-refractivity contribution in [2.24, 2.45) is 0 Å². The summed E-state index contributed by atoms with van der Waals surface area (Å²) in [5.74, 6) is 0.301. The van der Waals surface area contributed by atoms with Crippen molar-refractivity contribution in [2.45, 2.75) is 46.0 Å². The van der Waals surface area contributed by atoms with Gasteiger partial charge in [-0.3, -0.25) is 4.79 Å². The first-order chi connectivity index (χ1) is 8.16. The number of amides is 1. The summed E-state index contributed by atoms with van der Waals surface area (Å²) in [6.45, 7) is 6.02. The van der Waals surface area contributed by atoms with Crippen LogP contribution in [0.25, 0.3) is 0 Å². The largest absolute Gasteiger partial charge is 0.343 e. The second-order valence-electron chi connectivity index (χ2n) is 4.69. The Kier molecular flexibility index (Phi) is 4.15. The zero-order valence-electron chi connectivity index (χ0n) is 10.7. The van der Waals surface area contributed by atoms with Crippen molar-refractivity contribution in [1.29, 1.82) is 0 Å². The number of likely N-dealkylation sites (tertiary alicyclic amines) is 1. The fourth-order valence-corrected chi connectivity index (χ4v) is 3.09. The van der Waals surface area contributed by atoms with Crippen LogP contribution in [-0.2, 0) is 11.2 Å². The van der Waals surface area contributed by atoms with Crippen LogP contribution in [0, 0.1) is 13.8 Å². The monoisotopic (exact) mass is 252 g/mol. The van der Waals surface area contributed by atoms with E-state index in [1.54, 1.807) is 11.3 Å². The van der Waals surface area contributed by atoms with Crippen LogP contribution in [0.2, 0.25) is 0 Å². The highest BCUT2D eigenvalue weighted by atomic mass is 32.1. The van der Waals surface area contributed by atoms with E-state index in [1.165, 1.54) is 24.1 Å². The number of rotatable bonds is 3. The van der Waals surface area contributed by atoms with E-state index in [2.05, 4.69) is 11.9 Å². The molecule has 1 aliphatic rings. The van der Waals surface area contributed by atoms with E-state index in [9.17, 15) is 4.79 Å². The zero-order valence-corrected chi connectivity index (χ0v) is 11.5. The predicted octanol–water partition coefficient (Wildman–Crippen LogP) is 2.71. The maximum absolute atomic E-state index is 12.0. The Morgan fingerprint density at radius 3 is 2.59 bits per heavy atom. The van der Waals surface area contributed by atoms with E-state index in [-0.39, 0.29) is 0 Å². The Morgan fingerprint density at radius 1 is 1.29 bits per heavy atom. The molecule has 0 spiro atoms. The Balaban J connectivity index is 1.83. The summed E-state index contributed by atoms with van der Waals surface area (Å²) in [4.78, 5) is 19.7. The van der Waals surface area contributed by atoms with Gasteiger partial charge in [-0.1, -0.05) is 0 Å². The van der Waals surface area contributed by atoms with E-state index >= 15 is 0 Å². The molecule has 2 heterocycles. The van der Waals surface area contributed by atoms with Crippen LogP contribution in [0.5, 0.6) is 0 Å². The van der Waals surface area contributed by atoms with Crippen molar-refractivity contribution in [2.75, 3.05) is 13.1 Å². The van der Waals surface area contributed by atoms with Crippen LogP contribution >= 0.6 is 11.3 Å². The molecule has 1 saturated heterocycles. The minimum Gasteiger partial charge on any atom is -0.343 e. The molecule has 3 nitrogen and oxygen atoms in total. The molecule has 0 radical (unpaired) electrons. The fourth-order valence-electron chi connectivity index (χ4n) is 2.16. The van der Waals surface area contributed by atoms with E-state index < -0.39 is 0 Å². The van der Waals surface area contributed by atoms with Crippen molar-refractivity contribution < 1.29 is 4.79 Å². The molecule has 1 aliphatic heterocycles. The normalized spacial score (nSPS) is 16.2. The molecule has 0 atom stereocenters. The first kappa shape index (κ1) is 12.6. The number of aromatic nitrogens is 1. The van der Waals surface area contributed by atoms with Gasteiger partial charge in [-0.25, -0.2) is 4.98 Å². The number of piperidine rings is 1. The van der Waals surface area contributed by atoms with Crippen LogP contribution in [-0.4, -0.2) is 28.9 Å². The molecular weight excluding hydrogens is 232 g/mol. The van der Waals surface area contributed by atoms with Gasteiger partial charge in [-0.2, -0.15) is 0 Å². The molecule has 0 bridgehead atoms. The Labute approximate surface area is 107 Å². The van der Waals surface area contributed by atoms with Gasteiger partial charge in [0.05, 0.1) is 10.7 Å². The summed E-state index contributed by atoms with van der Waals surface area (Å²) >= 11 is 1.72. The number of nitrogens with zero attached hydrogens (tertiary/aromatic N) is 2. The molecule has 94 valence electrons. The second-order valence-corrected chi connectivity index (χ2v) is 5.98. The molecule has 1 amide bonds. The molecule has 0 unspecified atom stereocenters. The highest BCUT2D eigenvalue weighted by Gasteiger charge is 2.16. The highest BCUT2D eigenvalue weighted by Crippen LogP contribution is 2.18. The van der Waals surface area contributed by atoms with Crippen molar-refractivity contribution in [1.82, 2.24) is 9.88 Å². The molecular formula is C13H20N2OS. The maximum atomic E-state index is 12.0. The standard InChI is InChI=1S/C13H20N2OS/c1-10-11(2)17-12(14-10)6-7-13(16)15-8-4-3-5-9-15/h3-9H2,1-2H3. The minimum absolute atomic E-state index is 0.301. The molecule has 1 aromatic heterocycles. The minimum atomic E-state index is 0.301. The molecule has 17 heavy (non-hydrogen) atoms. The van der Waals surface area contributed by atoms with Gasteiger partial charge in [-0.05, 0) is 33.1 Å². The van der Waals surface area contributed by atoms with Crippen molar-refractivity contribution in [3.63, 3.8) is 0 Å². The number of carbonyl (C=O) groups excluding carboxylic acids is 1. The van der Waals surface area contributed by atoms with Gasteiger partial charge in [0.1, 0.15) is 0 Å². The highest BCUT2D eigenvalue weighted by molar-refractivity contribution is 7.11. The maximum Gasteiger partial charge on any atom is 0.222 e. The Morgan fingerprint density at radius 2 is 2.00 bits per heavy atom. The lowest BCUT2D eigenvalue weighted by molar-refractivity contribution is -0.132. The molecule has 2 rings (SSSR count). The van der Waals surface area contributed by atoms with Crippen molar-refractivity contribution in [3.8, 4) is 0 Å². The topological polar surface area (TPSA) is 33.2 Å². The van der Waals surface area contributed by atoms with Gasteiger partial charge in [0.2, 0.25) is 5.91 Å². The van der Waals surface area contributed by atoms with Crippen LogP contribution in [0.4, 0.5) is 0 Å². The van der Waals surface area contributed by atoms with Gasteiger partial charge >= 0.3 is 0 Å². The SMILES string of the molecule is Cc1nc(CCC(=O)N2CCCCC2)sc1C. The third-order valence-corrected chi connectivity index (χ3v) is 4.47. The summed E-state index contributed by atoms with van der Waals surface area (Å²) in [7, 11) is 0. The number of aryl methyl sites for hydroxylation is 3. The van der Waals surface area contributed by atoms with Crippen molar-refractivity contribution in [3.05, 3.63) is 15.6 Å². The summed E-state index contributed by atoms with van der Waals surface area (Å²) in [5, 5.41) is 1.10. The molecule has 1 aromatic rings. The molecule has 4 heteroatoms. The van der Waals surface area contributed by atoms with Crippen LogP contribution in [0.1, 0.15) is 41.3 Å². The summed E-state index contributed by atoms with van der Waals surface area (Å²) in [6, 6.07) is 0. The van der Waals surface area contributed by atoms with Gasteiger partial charge in [0.25, 0.3) is 0 Å². The summed E-state index contributed by atoms with van der Waals surface area (Å²) in [5.41, 5.74) is 1.11. The number of hydrogen-bond acceptors (Lipinski definition) is 3. The molecule has 0 aliphatic carbocycles. The van der Waals surface area contributed by atoms with Crippen molar-refractivity contribution >= 4 is 17.2 Å². The summed E-state index contributed by atoms with van der Waals surface area (Å²) in [6.07, 6.45) is 5.03. The third kappa shape index (κ3) is 3.28. The van der Waals surface area contributed by atoms with Crippen LogP contribution in [0.3, 0.4) is 0 Å². The smallest absolute Gasteiger partial charge is 0.222 e. The lowest BCUT2D eigenvalue weighted by atomic mass is 10.1. The summed E-state index contributed by atoms with van der Waals surface area (Å²) < 4.78 is 0. The predicted molar refractivity (Wildman–Crippen MR) is 70.3 cm³/mol. The molecule has 0 saturated carbocycles. The van der Waals surface area contributed by atoms with Gasteiger partial charge in [-0.15, -0.1) is 11.3 Å². The molecule has 0 N–H and O–H groups in total. The Hall–Kier alpha value is -0.900. The zero-order chi connectivity index (χ0) is 12.3. The number of carbonyl (C=O) groups is 1. The first-order valence-electron chi connectivity index (χ1n) is 6.37. The quantitative estimate of drug-likeness (QED) is 0.828. The average Bonchev–Trinajstić information content (AvgIpc) is 2.67. The van der Waals surface area contributed by atoms with Crippen LogP contribution < -0.4 is 0 Å². The number of thiazole rings is 1. The first-order valence-corrected chi connectivity index (χ1v) is 7.19. The van der Waals surface area contributed by atoms with Gasteiger partial charge < -0.3 is 4.90 Å². The fraction of sp³-hybridized carbons (Fsp3) is 0.692. The van der Waals surface area contributed by atoms with Gasteiger partial charge in [0, 0.05) is 30.8 Å². The van der Waals surface area contributed by atoms with E-state index in [1.807, 2.05) is 11.8 Å². The lowest BCUT2D eigenvalue weighted by Gasteiger charge is -2.26. The molecule has 1 fully saturated rings.